The van der Waals surface area contributed by atoms with Crippen LogP contribution in [0.1, 0.15) is 16.1 Å². The summed E-state index contributed by atoms with van der Waals surface area (Å²) in [6.45, 7) is 0.190. The largest absolute Gasteiger partial charge is 0.479 e. The van der Waals surface area contributed by atoms with Crippen molar-refractivity contribution in [1.29, 1.82) is 0 Å². The molecule has 0 spiro atoms. The Kier molecular flexibility index (Phi) is 5.96. The van der Waals surface area contributed by atoms with Crippen molar-refractivity contribution >= 4 is 61.6 Å². The number of amides is 1. The molecule has 0 aliphatic heterocycles. The summed E-state index contributed by atoms with van der Waals surface area (Å²) in [5, 5.41) is 4.84. The zero-order chi connectivity index (χ0) is 18.5. The SMILES string of the molecule is C#CCOc1c(Br)cc(/C=N/NC(=O)c2cc3ccccc3o2)cc1I. The molecule has 26 heavy (non-hydrogen) atoms. The third kappa shape index (κ3) is 4.26. The fraction of sp³-hybridized carbons (Fsp3) is 0.0526. The number of nitrogens with zero attached hydrogens (tertiary/aromatic N) is 1. The van der Waals surface area contributed by atoms with Crippen LogP contribution in [0.4, 0.5) is 0 Å². The number of hydrazone groups is 1. The highest BCUT2D eigenvalue weighted by atomic mass is 127. The van der Waals surface area contributed by atoms with Gasteiger partial charge in [-0.15, -0.1) is 6.42 Å². The minimum absolute atomic E-state index is 0.190. The number of hydrogen-bond acceptors (Lipinski definition) is 4. The number of ether oxygens (including phenoxy) is 1. The molecule has 0 aliphatic carbocycles. The maximum Gasteiger partial charge on any atom is 0.307 e. The van der Waals surface area contributed by atoms with Crippen LogP contribution in [0.25, 0.3) is 11.0 Å². The molecule has 1 N–H and O–H groups in total. The fourth-order valence-electron chi connectivity index (χ4n) is 2.22. The predicted octanol–water partition coefficient (Wildman–Crippen LogP) is 4.58. The molecule has 3 aromatic rings. The normalized spacial score (nSPS) is 10.8. The van der Waals surface area contributed by atoms with Gasteiger partial charge in [-0.1, -0.05) is 24.1 Å². The summed E-state index contributed by atoms with van der Waals surface area (Å²) in [5.74, 6) is 2.89. The smallest absolute Gasteiger partial charge is 0.307 e. The molecule has 0 radical (unpaired) electrons. The van der Waals surface area contributed by atoms with Crippen molar-refractivity contribution in [2.24, 2.45) is 5.10 Å². The maximum atomic E-state index is 12.1. The molecule has 0 atom stereocenters. The molecule has 130 valence electrons. The Morgan fingerprint density at radius 2 is 2.19 bits per heavy atom. The Hall–Kier alpha value is -2.31. The second-order valence-electron chi connectivity index (χ2n) is 5.15. The summed E-state index contributed by atoms with van der Waals surface area (Å²) in [5.41, 5.74) is 3.90. The Morgan fingerprint density at radius 1 is 1.38 bits per heavy atom. The van der Waals surface area contributed by atoms with Crippen LogP contribution in [-0.2, 0) is 0 Å². The molecule has 1 aromatic heterocycles. The Bertz CT molecular complexity index is 981. The van der Waals surface area contributed by atoms with Gasteiger partial charge in [-0.3, -0.25) is 4.79 Å². The summed E-state index contributed by atoms with van der Waals surface area (Å²) in [7, 11) is 0. The first-order valence-corrected chi connectivity index (χ1v) is 9.33. The second kappa shape index (κ2) is 8.38. The molecule has 0 fully saturated rings. The van der Waals surface area contributed by atoms with E-state index >= 15 is 0 Å². The van der Waals surface area contributed by atoms with Gasteiger partial charge in [-0.2, -0.15) is 5.10 Å². The third-order valence-corrected chi connectivity index (χ3v) is 4.74. The third-order valence-electron chi connectivity index (χ3n) is 3.35. The van der Waals surface area contributed by atoms with Crippen molar-refractivity contribution in [3.63, 3.8) is 0 Å². The molecular formula is C19H12BrIN2O3. The van der Waals surface area contributed by atoms with E-state index in [0.717, 1.165) is 19.0 Å². The highest BCUT2D eigenvalue weighted by molar-refractivity contribution is 14.1. The van der Waals surface area contributed by atoms with E-state index in [1.165, 1.54) is 0 Å². The predicted molar refractivity (Wildman–Crippen MR) is 112 cm³/mol. The molecule has 0 saturated heterocycles. The van der Waals surface area contributed by atoms with Crippen LogP contribution < -0.4 is 10.2 Å². The Balaban J connectivity index is 1.70. The molecule has 1 heterocycles. The number of terminal acetylenes is 1. The van der Waals surface area contributed by atoms with Gasteiger partial charge >= 0.3 is 5.91 Å². The molecule has 0 unspecified atom stereocenters. The van der Waals surface area contributed by atoms with Crippen LogP contribution in [0.15, 0.2) is 56.5 Å². The van der Waals surface area contributed by atoms with Gasteiger partial charge in [0.25, 0.3) is 0 Å². The fourth-order valence-corrected chi connectivity index (χ4v) is 3.99. The molecule has 1 amide bonds. The van der Waals surface area contributed by atoms with E-state index in [0.29, 0.717) is 11.3 Å². The van der Waals surface area contributed by atoms with Gasteiger partial charge in [0.2, 0.25) is 0 Å². The molecule has 0 aliphatic rings. The number of furan rings is 1. The van der Waals surface area contributed by atoms with Crippen molar-refractivity contribution in [3.8, 4) is 18.1 Å². The van der Waals surface area contributed by atoms with E-state index in [1.807, 2.05) is 30.3 Å². The minimum Gasteiger partial charge on any atom is -0.479 e. The minimum atomic E-state index is -0.416. The van der Waals surface area contributed by atoms with Crippen molar-refractivity contribution in [3.05, 3.63) is 61.8 Å². The zero-order valence-corrected chi connectivity index (χ0v) is 17.1. The molecular weight excluding hydrogens is 511 g/mol. The van der Waals surface area contributed by atoms with Crippen LogP contribution in [-0.4, -0.2) is 18.7 Å². The number of hydrogen-bond donors (Lipinski definition) is 1. The molecule has 7 heteroatoms. The average Bonchev–Trinajstić information content (AvgIpc) is 3.05. The van der Waals surface area contributed by atoms with Crippen LogP contribution in [0.2, 0.25) is 0 Å². The monoisotopic (exact) mass is 522 g/mol. The first-order valence-electron chi connectivity index (χ1n) is 7.46. The lowest BCUT2D eigenvalue weighted by Crippen LogP contribution is -2.16. The molecule has 0 bridgehead atoms. The average molecular weight is 523 g/mol. The summed E-state index contributed by atoms with van der Waals surface area (Å²) in [4.78, 5) is 12.1. The van der Waals surface area contributed by atoms with Crippen LogP contribution in [0, 0.1) is 15.9 Å². The van der Waals surface area contributed by atoms with E-state index < -0.39 is 5.91 Å². The van der Waals surface area contributed by atoms with Crippen LogP contribution in [0.3, 0.4) is 0 Å². The number of para-hydroxylation sites is 1. The molecule has 3 rings (SSSR count). The van der Waals surface area contributed by atoms with Gasteiger partial charge in [-0.25, -0.2) is 5.43 Å². The quantitative estimate of drug-likeness (QED) is 0.231. The first-order chi connectivity index (χ1) is 12.6. The molecule has 5 nitrogen and oxygen atoms in total. The van der Waals surface area contributed by atoms with Gasteiger partial charge in [0, 0.05) is 5.39 Å². The highest BCUT2D eigenvalue weighted by Crippen LogP contribution is 2.31. The van der Waals surface area contributed by atoms with Gasteiger partial charge in [0.1, 0.15) is 17.9 Å². The van der Waals surface area contributed by atoms with Gasteiger partial charge in [-0.05, 0) is 68.3 Å². The lowest BCUT2D eigenvalue weighted by Gasteiger charge is -2.08. The van der Waals surface area contributed by atoms with E-state index in [4.69, 9.17) is 15.6 Å². The number of carbonyl (C=O) groups is 1. The molecule has 0 saturated carbocycles. The van der Waals surface area contributed by atoms with Crippen LogP contribution in [0.5, 0.6) is 5.75 Å². The van der Waals surface area contributed by atoms with Crippen LogP contribution >= 0.6 is 38.5 Å². The number of benzene rings is 2. The summed E-state index contributed by atoms with van der Waals surface area (Å²) < 4.78 is 12.6. The topological polar surface area (TPSA) is 63.8 Å². The Morgan fingerprint density at radius 3 is 2.92 bits per heavy atom. The van der Waals surface area contributed by atoms with E-state index in [2.05, 4.69) is 55.0 Å². The van der Waals surface area contributed by atoms with Gasteiger partial charge in [0.15, 0.2) is 5.76 Å². The summed E-state index contributed by atoms with van der Waals surface area (Å²) in [6, 6.07) is 12.8. The molecule has 2 aromatic carbocycles. The standard InChI is InChI=1S/C19H12BrIN2O3/c1-2-7-25-18-14(20)8-12(9-15(18)21)11-22-23-19(24)17-10-13-5-3-4-6-16(13)26-17/h1,3-6,8-11H,7H2,(H,23,24)/b22-11+. The Labute approximate surface area is 172 Å². The first kappa shape index (κ1) is 18.5. The summed E-state index contributed by atoms with van der Waals surface area (Å²) in [6.07, 6.45) is 6.75. The van der Waals surface area contributed by atoms with Crippen molar-refractivity contribution < 1.29 is 13.9 Å². The second-order valence-corrected chi connectivity index (χ2v) is 7.17. The lowest BCUT2D eigenvalue weighted by molar-refractivity contribution is 0.0929. The zero-order valence-electron chi connectivity index (χ0n) is 13.3. The summed E-state index contributed by atoms with van der Waals surface area (Å²) >= 11 is 5.59. The van der Waals surface area contributed by atoms with Gasteiger partial charge < -0.3 is 9.15 Å². The van der Waals surface area contributed by atoms with E-state index in [-0.39, 0.29) is 12.4 Å². The van der Waals surface area contributed by atoms with Crippen molar-refractivity contribution in [1.82, 2.24) is 5.43 Å². The highest BCUT2D eigenvalue weighted by Gasteiger charge is 2.11. The number of halogens is 2. The maximum absolute atomic E-state index is 12.1. The van der Waals surface area contributed by atoms with Crippen molar-refractivity contribution in [2.75, 3.05) is 6.61 Å². The van der Waals surface area contributed by atoms with E-state index in [9.17, 15) is 4.79 Å². The van der Waals surface area contributed by atoms with Gasteiger partial charge in [0.05, 0.1) is 14.3 Å². The van der Waals surface area contributed by atoms with Crippen molar-refractivity contribution in [2.45, 2.75) is 0 Å². The number of carbonyl (C=O) groups excluding carboxylic acids is 1. The number of fused-ring (bicyclic) bond motifs is 1. The number of rotatable bonds is 5. The number of nitrogens with one attached hydrogen (secondary N) is 1. The lowest BCUT2D eigenvalue weighted by atomic mass is 10.2. The van der Waals surface area contributed by atoms with E-state index in [1.54, 1.807) is 18.3 Å².